The summed E-state index contributed by atoms with van der Waals surface area (Å²) in [5.74, 6) is 0.837. The molecule has 0 fully saturated rings. The molecular weight excluding hydrogens is 697 g/mol. The summed E-state index contributed by atoms with van der Waals surface area (Å²) >= 11 is 0. The van der Waals surface area contributed by atoms with E-state index in [0.29, 0.717) is 19.3 Å². The minimum atomic E-state index is -0.759. The molecular formula is C50H96O6. The van der Waals surface area contributed by atoms with Gasteiger partial charge in [0.1, 0.15) is 13.2 Å². The first-order valence-corrected chi connectivity index (χ1v) is 24.8. The molecule has 0 rings (SSSR count). The van der Waals surface area contributed by atoms with Crippen molar-refractivity contribution >= 4 is 17.9 Å². The molecule has 0 saturated heterocycles. The second-order valence-corrected chi connectivity index (χ2v) is 17.8. The predicted molar refractivity (Wildman–Crippen MR) is 238 cm³/mol. The van der Waals surface area contributed by atoms with E-state index in [4.69, 9.17) is 14.2 Å². The van der Waals surface area contributed by atoms with Crippen LogP contribution in [0.5, 0.6) is 0 Å². The van der Waals surface area contributed by atoms with Crippen LogP contribution < -0.4 is 0 Å². The minimum Gasteiger partial charge on any atom is -0.462 e. The van der Waals surface area contributed by atoms with Crippen LogP contribution in [0.2, 0.25) is 0 Å². The average molecular weight is 793 g/mol. The third-order valence-electron chi connectivity index (χ3n) is 11.6. The van der Waals surface area contributed by atoms with E-state index in [-0.39, 0.29) is 31.1 Å². The molecule has 56 heavy (non-hydrogen) atoms. The highest BCUT2D eigenvalue weighted by atomic mass is 16.6. The molecule has 0 saturated carbocycles. The first kappa shape index (κ1) is 54.4. The van der Waals surface area contributed by atoms with Crippen LogP contribution in [-0.4, -0.2) is 37.2 Å². The van der Waals surface area contributed by atoms with E-state index < -0.39 is 6.10 Å². The zero-order valence-electron chi connectivity index (χ0n) is 38.3. The van der Waals surface area contributed by atoms with Crippen molar-refractivity contribution < 1.29 is 28.6 Å². The van der Waals surface area contributed by atoms with E-state index in [9.17, 15) is 14.4 Å². The van der Waals surface area contributed by atoms with Gasteiger partial charge in [-0.05, 0) is 31.1 Å². The van der Waals surface area contributed by atoms with Crippen LogP contribution >= 0.6 is 0 Å². The molecule has 0 aromatic heterocycles. The van der Waals surface area contributed by atoms with Crippen molar-refractivity contribution in [2.45, 2.75) is 278 Å². The molecule has 0 aliphatic carbocycles. The van der Waals surface area contributed by atoms with Crippen LogP contribution in [0.3, 0.4) is 0 Å². The standard InChI is InChI=1S/C50H96O6/c1-6-8-9-28-35-40-48(51)54-43-47(44-55-49(52)41-36-31-26-23-22-24-29-33-38-45(3)4)56-50(53)42-37-32-27-21-19-17-15-13-11-10-12-14-16-18-20-25-30-34-39-46(5)7-2/h45-47H,6-44H2,1-5H3/t46?,47-/m0/s1. The van der Waals surface area contributed by atoms with E-state index in [0.717, 1.165) is 76.0 Å². The predicted octanol–water partition coefficient (Wildman–Crippen LogP) is 15.8. The first-order chi connectivity index (χ1) is 27.3. The van der Waals surface area contributed by atoms with E-state index in [2.05, 4.69) is 34.6 Å². The Balaban J connectivity index is 4.06. The Morgan fingerprint density at radius 3 is 1.02 bits per heavy atom. The topological polar surface area (TPSA) is 78.9 Å². The number of rotatable bonds is 44. The molecule has 0 bridgehead atoms. The van der Waals surface area contributed by atoms with Crippen molar-refractivity contribution in [3.63, 3.8) is 0 Å². The molecule has 6 heteroatoms. The molecule has 0 amide bonds. The maximum atomic E-state index is 12.7. The van der Waals surface area contributed by atoms with Crippen molar-refractivity contribution in [1.82, 2.24) is 0 Å². The lowest BCUT2D eigenvalue weighted by atomic mass is 9.99. The van der Waals surface area contributed by atoms with Crippen molar-refractivity contribution in [3.8, 4) is 0 Å². The van der Waals surface area contributed by atoms with E-state index in [1.807, 2.05) is 0 Å². The molecule has 0 spiro atoms. The number of ether oxygens (including phenoxy) is 3. The fourth-order valence-corrected chi connectivity index (χ4v) is 7.43. The molecule has 0 aliphatic heterocycles. The maximum Gasteiger partial charge on any atom is 0.306 e. The number of hydrogen-bond donors (Lipinski definition) is 0. The lowest BCUT2D eigenvalue weighted by molar-refractivity contribution is -0.167. The second-order valence-electron chi connectivity index (χ2n) is 17.8. The number of esters is 3. The lowest BCUT2D eigenvalue weighted by Gasteiger charge is -2.18. The third-order valence-corrected chi connectivity index (χ3v) is 11.6. The highest BCUT2D eigenvalue weighted by molar-refractivity contribution is 5.71. The summed E-state index contributed by atoms with van der Waals surface area (Å²) in [6.45, 7) is 11.3. The third kappa shape index (κ3) is 42.0. The summed E-state index contributed by atoms with van der Waals surface area (Å²) in [5.41, 5.74) is 0. The van der Waals surface area contributed by atoms with Gasteiger partial charge in [-0.3, -0.25) is 14.4 Å². The SMILES string of the molecule is CCCCCCCC(=O)OC[C@@H](COC(=O)CCCCCCCCCCC(C)C)OC(=O)CCCCCCCCCCCCCCCCCCCCC(C)CC. The van der Waals surface area contributed by atoms with Crippen molar-refractivity contribution in [3.05, 3.63) is 0 Å². The summed E-state index contributed by atoms with van der Waals surface area (Å²) in [4.78, 5) is 37.5. The summed E-state index contributed by atoms with van der Waals surface area (Å²) < 4.78 is 16.6. The second kappa shape index (κ2) is 43.0. The van der Waals surface area contributed by atoms with E-state index in [1.54, 1.807) is 0 Å². The molecule has 6 nitrogen and oxygen atoms in total. The fourth-order valence-electron chi connectivity index (χ4n) is 7.43. The molecule has 2 atom stereocenters. The monoisotopic (exact) mass is 793 g/mol. The Morgan fingerprint density at radius 1 is 0.375 bits per heavy atom. The van der Waals surface area contributed by atoms with Crippen molar-refractivity contribution in [2.75, 3.05) is 13.2 Å². The Morgan fingerprint density at radius 2 is 0.679 bits per heavy atom. The van der Waals surface area contributed by atoms with E-state index in [1.165, 1.54) is 154 Å². The lowest BCUT2D eigenvalue weighted by Crippen LogP contribution is -2.30. The van der Waals surface area contributed by atoms with Crippen LogP contribution in [0.4, 0.5) is 0 Å². The first-order valence-electron chi connectivity index (χ1n) is 24.8. The summed E-state index contributed by atoms with van der Waals surface area (Å²) in [5, 5.41) is 0. The molecule has 0 N–H and O–H groups in total. The molecule has 0 aliphatic rings. The van der Waals surface area contributed by atoms with Gasteiger partial charge in [0, 0.05) is 19.3 Å². The van der Waals surface area contributed by atoms with Crippen molar-refractivity contribution in [2.24, 2.45) is 11.8 Å². The molecule has 0 aromatic rings. The highest BCUT2D eigenvalue weighted by Crippen LogP contribution is 2.18. The molecule has 0 aromatic carbocycles. The zero-order chi connectivity index (χ0) is 41.2. The maximum absolute atomic E-state index is 12.7. The van der Waals surface area contributed by atoms with Crippen LogP contribution in [0, 0.1) is 11.8 Å². The Bertz CT molecular complexity index is 856. The van der Waals surface area contributed by atoms with Crippen molar-refractivity contribution in [1.29, 1.82) is 0 Å². The van der Waals surface area contributed by atoms with Gasteiger partial charge in [0.25, 0.3) is 0 Å². The smallest absolute Gasteiger partial charge is 0.306 e. The van der Waals surface area contributed by atoms with E-state index >= 15 is 0 Å². The zero-order valence-corrected chi connectivity index (χ0v) is 38.3. The number of carbonyl (C=O) groups is 3. The summed E-state index contributed by atoms with van der Waals surface area (Å²) in [6, 6.07) is 0. The number of unbranched alkanes of at least 4 members (excludes halogenated alkanes) is 28. The molecule has 0 heterocycles. The van der Waals surface area contributed by atoms with Gasteiger partial charge in [-0.25, -0.2) is 0 Å². The van der Waals surface area contributed by atoms with Gasteiger partial charge in [0.2, 0.25) is 0 Å². The van der Waals surface area contributed by atoms with Crippen LogP contribution in [0.25, 0.3) is 0 Å². The molecule has 0 radical (unpaired) electrons. The summed E-state index contributed by atoms with van der Waals surface area (Å²) in [7, 11) is 0. The van der Waals surface area contributed by atoms with Gasteiger partial charge >= 0.3 is 17.9 Å². The Kier molecular flexibility index (Phi) is 41.8. The van der Waals surface area contributed by atoms with Gasteiger partial charge in [0.15, 0.2) is 6.10 Å². The Hall–Kier alpha value is -1.59. The van der Waals surface area contributed by atoms with Crippen LogP contribution in [0.1, 0.15) is 272 Å². The van der Waals surface area contributed by atoms with Gasteiger partial charge < -0.3 is 14.2 Å². The van der Waals surface area contributed by atoms with Gasteiger partial charge in [-0.1, -0.05) is 234 Å². The average Bonchev–Trinajstić information content (AvgIpc) is 3.18. The molecule has 1 unspecified atom stereocenters. The molecule has 332 valence electrons. The number of carbonyl (C=O) groups excluding carboxylic acids is 3. The minimum absolute atomic E-state index is 0.0659. The normalized spacial score (nSPS) is 12.5. The highest BCUT2D eigenvalue weighted by Gasteiger charge is 2.19. The van der Waals surface area contributed by atoms with Crippen LogP contribution in [0.15, 0.2) is 0 Å². The quantitative estimate of drug-likeness (QED) is 0.0347. The van der Waals surface area contributed by atoms with Crippen LogP contribution in [-0.2, 0) is 28.6 Å². The Labute approximate surface area is 348 Å². The van der Waals surface area contributed by atoms with Gasteiger partial charge in [0.05, 0.1) is 0 Å². The number of hydrogen-bond acceptors (Lipinski definition) is 6. The van der Waals surface area contributed by atoms with Gasteiger partial charge in [-0.2, -0.15) is 0 Å². The largest absolute Gasteiger partial charge is 0.462 e. The summed E-state index contributed by atoms with van der Waals surface area (Å²) in [6.07, 6.45) is 42.7. The fraction of sp³-hybridized carbons (Fsp3) is 0.940. The van der Waals surface area contributed by atoms with Gasteiger partial charge in [-0.15, -0.1) is 0 Å².